The van der Waals surface area contributed by atoms with Crippen LogP contribution in [0.25, 0.3) is 0 Å². The molecule has 1 aromatic heterocycles. The highest BCUT2D eigenvalue weighted by Crippen LogP contribution is 2.37. The summed E-state index contributed by atoms with van der Waals surface area (Å²) in [7, 11) is 1.65. The number of carboxylic acids is 1. The van der Waals surface area contributed by atoms with Gasteiger partial charge in [0.25, 0.3) is 0 Å². The zero-order valence-corrected chi connectivity index (χ0v) is 12.0. The predicted molar refractivity (Wildman–Crippen MR) is 77.5 cm³/mol. The second-order valence-electron chi connectivity index (χ2n) is 5.43. The van der Waals surface area contributed by atoms with Crippen LogP contribution in [0.15, 0.2) is 36.9 Å². The zero-order valence-electron chi connectivity index (χ0n) is 12.0. The van der Waals surface area contributed by atoms with Crippen LogP contribution < -0.4 is 4.74 Å². The Morgan fingerprint density at radius 3 is 3.00 bits per heavy atom. The van der Waals surface area contributed by atoms with Crippen molar-refractivity contribution >= 4 is 5.97 Å². The van der Waals surface area contributed by atoms with Crippen LogP contribution in [-0.2, 0) is 23.2 Å². The van der Waals surface area contributed by atoms with E-state index in [4.69, 9.17) is 4.74 Å². The van der Waals surface area contributed by atoms with Gasteiger partial charge in [-0.15, -0.1) is 0 Å². The molecular weight excluding hydrogens is 268 g/mol. The van der Waals surface area contributed by atoms with E-state index in [1.807, 2.05) is 18.2 Å². The molecule has 0 aliphatic heterocycles. The normalized spacial score (nSPS) is 21.4. The van der Waals surface area contributed by atoms with E-state index in [2.05, 4.69) is 4.98 Å². The van der Waals surface area contributed by atoms with Crippen LogP contribution >= 0.6 is 0 Å². The van der Waals surface area contributed by atoms with Crippen molar-refractivity contribution < 1.29 is 14.6 Å². The number of hydrogen-bond acceptors (Lipinski definition) is 3. The van der Waals surface area contributed by atoms with Crippen molar-refractivity contribution in [1.29, 1.82) is 0 Å². The fourth-order valence-corrected chi connectivity index (χ4v) is 3.24. The first kappa shape index (κ1) is 13.7. The Morgan fingerprint density at radius 1 is 1.48 bits per heavy atom. The van der Waals surface area contributed by atoms with E-state index < -0.39 is 11.5 Å². The molecule has 0 fully saturated rings. The quantitative estimate of drug-likeness (QED) is 0.879. The van der Waals surface area contributed by atoms with Gasteiger partial charge in [-0.3, -0.25) is 0 Å². The molecule has 21 heavy (non-hydrogen) atoms. The number of imidazole rings is 1. The Hall–Kier alpha value is -2.30. The minimum absolute atomic E-state index is 0.450. The number of nitrogens with zero attached hydrogens (tertiary/aromatic N) is 2. The molecule has 1 atom stereocenters. The second-order valence-corrected chi connectivity index (χ2v) is 5.43. The summed E-state index contributed by atoms with van der Waals surface area (Å²) in [4.78, 5) is 16.0. The molecule has 5 nitrogen and oxygen atoms in total. The van der Waals surface area contributed by atoms with Gasteiger partial charge < -0.3 is 14.4 Å². The Kier molecular flexibility index (Phi) is 3.41. The summed E-state index contributed by atoms with van der Waals surface area (Å²) in [6.07, 6.45) is 7.63. The van der Waals surface area contributed by atoms with Gasteiger partial charge in [-0.05, 0) is 36.5 Å². The van der Waals surface area contributed by atoms with Crippen LogP contribution in [-0.4, -0.2) is 27.7 Å². The van der Waals surface area contributed by atoms with Gasteiger partial charge in [0, 0.05) is 18.8 Å². The van der Waals surface area contributed by atoms with Crippen molar-refractivity contribution in [3.63, 3.8) is 0 Å². The maximum absolute atomic E-state index is 12.0. The average Bonchev–Trinajstić information content (AvgIpc) is 2.94. The smallest absolute Gasteiger partial charge is 0.330 e. The molecule has 1 aliphatic carbocycles. The number of carbonyl (C=O) groups is 1. The van der Waals surface area contributed by atoms with E-state index in [0.29, 0.717) is 12.8 Å². The third-order valence-corrected chi connectivity index (χ3v) is 4.35. The average molecular weight is 286 g/mol. The van der Waals surface area contributed by atoms with E-state index in [0.717, 1.165) is 29.7 Å². The molecule has 1 heterocycles. The Morgan fingerprint density at radius 2 is 2.33 bits per heavy atom. The number of aliphatic carboxylic acids is 1. The van der Waals surface area contributed by atoms with Crippen LogP contribution in [0.1, 0.15) is 24.0 Å². The third kappa shape index (κ3) is 2.18. The Bertz CT molecular complexity index is 652. The first-order valence-electron chi connectivity index (χ1n) is 7.04. The van der Waals surface area contributed by atoms with Crippen molar-refractivity contribution in [2.45, 2.75) is 31.2 Å². The number of methoxy groups -OCH3 is 1. The molecule has 0 bridgehead atoms. The van der Waals surface area contributed by atoms with Gasteiger partial charge in [-0.2, -0.15) is 0 Å². The van der Waals surface area contributed by atoms with Gasteiger partial charge in [-0.25, -0.2) is 9.78 Å². The van der Waals surface area contributed by atoms with Crippen LogP contribution in [0.3, 0.4) is 0 Å². The molecule has 2 aromatic rings. The van der Waals surface area contributed by atoms with Crippen LogP contribution in [0.5, 0.6) is 5.75 Å². The number of rotatable bonds is 3. The van der Waals surface area contributed by atoms with Gasteiger partial charge in [-0.1, -0.05) is 12.1 Å². The Balaban J connectivity index is 2.11. The maximum atomic E-state index is 12.0. The first-order chi connectivity index (χ1) is 10.2. The summed E-state index contributed by atoms with van der Waals surface area (Å²) < 4.78 is 7.15. The lowest BCUT2D eigenvalue weighted by atomic mass is 9.88. The minimum atomic E-state index is -0.964. The fraction of sp³-hybridized carbons (Fsp3) is 0.375. The number of carboxylic acid groups (broad SMARTS) is 1. The van der Waals surface area contributed by atoms with Crippen molar-refractivity contribution in [3.8, 4) is 5.75 Å². The third-order valence-electron chi connectivity index (χ3n) is 4.35. The lowest BCUT2D eigenvalue weighted by molar-refractivity contribution is -0.148. The van der Waals surface area contributed by atoms with Crippen molar-refractivity contribution in [2.75, 3.05) is 7.11 Å². The fourth-order valence-electron chi connectivity index (χ4n) is 3.24. The molecule has 5 heteroatoms. The summed E-state index contributed by atoms with van der Waals surface area (Å²) in [6, 6.07) is 5.85. The van der Waals surface area contributed by atoms with Crippen LogP contribution in [0.2, 0.25) is 0 Å². The molecule has 1 unspecified atom stereocenters. The highest BCUT2D eigenvalue weighted by molar-refractivity contribution is 5.77. The monoisotopic (exact) mass is 286 g/mol. The molecule has 1 N–H and O–H groups in total. The molecule has 1 aromatic carbocycles. The summed E-state index contributed by atoms with van der Waals surface area (Å²) in [5.41, 5.74) is 1.21. The van der Waals surface area contributed by atoms with Crippen molar-refractivity contribution in [3.05, 3.63) is 48.0 Å². The van der Waals surface area contributed by atoms with E-state index in [1.165, 1.54) is 0 Å². The first-order valence-corrected chi connectivity index (χ1v) is 7.04. The predicted octanol–water partition coefficient (Wildman–Crippen LogP) is 2.25. The highest BCUT2D eigenvalue weighted by Gasteiger charge is 2.42. The molecule has 110 valence electrons. The highest BCUT2D eigenvalue weighted by atomic mass is 16.5. The summed E-state index contributed by atoms with van der Waals surface area (Å²) in [6.45, 7) is 0. The largest absolute Gasteiger partial charge is 0.496 e. The standard InChI is InChI=1S/C16H18N2O3/c1-21-14-6-2-4-12-10-16(15(19)20,7-3-5-13(12)14)18-9-8-17-11-18/h2,4,6,8-9,11H,3,5,7,10H2,1H3,(H,19,20). The molecule has 0 radical (unpaired) electrons. The molecule has 3 rings (SSSR count). The molecule has 0 saturated heterocycles. The van der Waals surface area contributed by atoms with E-state index >= 15 is 0 Å². The number of ether oxygens (including phenoxy) is 1. The van der Waals surface area contributed by atoms with E-state index in [-0.39, 0.29) is 0 Å². The zero-order chi connectivity index (χ0) is 14.9. The number of benzene rings is 1. The van der Waals surface area contributed by atoms with E-state index in [9.17, 15) is 9.90 Å². The van der Waals surface area contributed by atoms with Crippen LogP contribution in [0, 0.1) is 0 Å². The summed E-state index contributed by atoms with van der Waals surface area (Å²) in [5, 5.41) is 9.86. The lowest BCUT2D eigenvalue weighted by Crippen LogP contribution is -2.43. The minimum Gasteiger partial charge on any atom is -0.496 e. The summed E-state index contributed by atoms with van der Waals surface area (Å²) in [5.74, 6) is 0.0375. The maximum Gasteiger partial charge on any atom is 0.330 e. The molecule has 0 spiro atoms. The van der Waals surface area contributed by atoms with E-state index in [1.54, 1.807) is 30.4 Å². The van der Waals surface area contributed by atoms with Gasteiger partial charge in [0.15, 0.2) is 0 Å². The second kappa shape index (κ2) is 5.24. The molecule has 0 saturated carbocycles. The summed E-state index contributed by atoms with van der Waals surface area (Å²) >= 11 is 0. The SMILES string of the molecule is COc1cccc2c1CCCC(C(=O)O)(n1ccnc1)C2. The van der Waals surface area contributed by atoms with Gasteiger partial charge in [0.05, 0.1) is 13.4 Å². The van der Waals surface area contributed by atoms with Crippen molar-refractivity contribution in [1.82, 2.24) is 9.55 Å². The molecular formula is C16H18N2O3. The molecule has 1 aliphatic rings. The Labute approximate surface area is 123 Å². The van der Waals surface area contributed by atoms with Gasteiger partial charge >= 0.3 is 5.97 Å². The van der Waals surface area contributed by atoms with Crippen LogP contribution in [0.4, 0.5) is 0 Å². The lowest BCUT2D eigenvalue weighted by Gasteiger charge is -2.30. The van der Waals surface area contributed by atoms with Gasteiger partial charge in [0.1, 0.15) is 11.3 Å². The van der Waals surface area contributed by atoms with Gasteiger partial charge in [0.2, 0.25) is 0 Å². The van der Waals surface area contributed by atoms with Crippen molar-refractivity contribution in [2.24, 2.45) is 0 Å². The number of fused-ring (bicyclic) bond motifs is 1. The number of hydrogen-bond donors (Lipinski definition) is 1. The number of aromatic nitrogens is 2. The molecule has 0 amide bonds. The topological polar surface area (TPSA) is 64.3 Å².